The summed E-state index contributed by atoms with van der Waals surface area (Å²) in [6.07, 6.45) is 0. The largest absolute Gasteiger partial charge is 1.00 e. The van der Waals surface area contributed by atoms with Gasteiger partial charge in [0.1, 0.15) is 0 Å². The third-order valence-electron chi connectivity index (χ3n) is 0. The fraction of sp³-hybridized carbons (Fsp3) is 1.00. The highest BCUT2D eigenvalue weighted by molar-refractivity contribution is 4.48. The number of quaternary nitrogens is 1. The summed E-state index contributed by atoms with van der Waals surface area (Å²) >= 11 is 0. The highest BCUT2D eigenvalue weighted by Crippen LogP contribution is 1.84. The fourth-order valence-electron chi connectivity index (χ4n) is 0. The monoisotopic (exact) mass is 201 g/mol. The molecule has 3 N–H and O–H groups in total. The van der Waals surface area contributed by atoms with Crippen LogP contribution in [-0.4, -0.2) is 5.54 Å². The maximum atomic E-state index is 3.77. The predicted octanol–water partition coefficient (Wildman–Crippen LogP) is -2.97. The molecule has 1 nitrogen and oxygen atoms in total. The average Bonchev–Trinajstić information content (AvgIpc) is 0.722. The van der Waals surface area contributed by atoms with Crippen LogP contribution in [0.25, 0.3) is 0 Å². The van der Waals surface area contributed by atoms with Crippen LogP contribution in [0.3, 0.4) is 0 Å². The van der Waals surface area contributed by atoms with E-state index >= 15 is 0 Å². The van der Waals surface area contributed by atoms with Crippen LogP contribution in [0, 0.1) is 0 Å². The highest BCUT2D eigenvalue weighted by Gasteiger charge is 2.00. The molecule has 0 unspecified atom stereocenters. The zero-order valence-electron chi connectivity index (χ0n) is 4.59. The molecule has 0 aromatic carbocycles. The summed E-state index contributed by atoms with van der Waals surface area (Å²) in [6, 6.07) is 0. The zero-order valence-corrected chi connectivity index (χ0v) is 6.74. The van der Waals surface area contributed by atoms with Crippen molar-refractivity contribution in [1.29, 1.82) is 0 Å². The predicted molar refractivity (Wildman–Crippen MR) is 22.6 cm³/mol. The van der Waals surface area contributed by atoms with E-state index in [0.29, 0.717) is 0 Å². The SMILES string of the molecule is CC(C)(C)[NH3+].[I-]. The molecule has 0 saturated heterocycles. The second-order valence-corrected chi connectivity index (χ2v) is 2.56. The van der Waals surface area contributed by atoms with Crippen molar-refractivity contribution in [3.8, 4) is 0 Å². The van der Waals surface area contributed by atoms with E-state index in [0.717, 1.165) is 0 Å². The Labute approximate surface area is 56.3 Å². The van der Waals surface area contributed by atoms with Gasteiger partial charge in [0.05, 0.1) is 5.54 Å². The summed E-state index contributed by atoms with van der Waals surface area (Å²) < 4.78 is 0. The van der Waals surface area contributed by atoms with Crippen molar-refractivity contribution in [3.05, 3.63) is 0 Å². The Morgan fingerprint density at radius 3 is 1.17 bits per heavy atom. The van der Waals surface area contributed by atoms with Gasteiger partial charge in [0, 0.05) is 0 Å². The van der Waals surface area contributed by atoms with Crippen LogP contribution in [0.4, 0.5) is 0 Å². The van der Waals surface area contributed by atoms with E-state index in [1.165, 1.54) is 0 Å². The van der Waals surface area contributed by atoms with Gasteiger partial charge in [-0.2, -0.15) is 0 Å². The van der Waals surface area contributed by atoms with Gasteiger partial charge in [0.25, 0.3) is 0 Å². The molecule has 0 heterocycles. The van der Waals surface area contributed by atoms with Crippen LogP contribution in [0.1, 0.15) is 20.8 Å². The minimum absolute atomic E-state index is 0. The third-order valence-corrected chi connectivity index (χ3v) is 0. The topological polar surface area (TPSA) is 27.6 Å². The van der Waals surface area contributed by atoms with E-state index in [9.17, 15) is 0 Å². The third kappa shape index (κ3) is 134. The molecule has 0 aromatic heterocycles. The second kappa shape index (κ2) is 2.80. The van der Waals surface area contributed by atoms with Gasteiger partial charge in [-0.25, -0.2) is 0 Å². The quantitative estimate of drug-likeness (QED) is 0.405. The molecule has 0 bridgehead atoms. The Balaban J connectivity index is 0. The normalized spacial score (nSPS) is 10.0. The first kappa shape index (κ1) is 9.85. The zero-order chi connectivity index (χ0) is 4.50. The first-order chi connectivity index (χ1) is 2.00. The fourth-order valence-corrected chi connectivity index (χ4v) is 0. The summed E-state index contributed by atoms with van der Waals surface area (Å²) in [7, 11) is 0. The van der Waals surface area contributed by atoms with E-state index in [2.05, 4.69) is 26.5 Å². The molecule has 0 amide bonds. The van der Waals surface area contributed by atoms with Crippen LogP contribution in [0.5, 0.6) is 0 Å². The molecule has 0 saturated carbocycles. The molecule has 0 rings (SSSR count). The number of hydrogen-bond donors (Lipinski definition) is 1. The van der Waals surface area contributed by atoms with Crippen LogP contribution in [0.15, 0.2) is 0 Å². The molecule has 0 aliphatic carbocycles. The van der Waals surface area contributed by atoms with Crippen molar-refractivity contribution in [3.63, 3.8) is 0 Å². The van der Waals surface area contributed by atoms with E-state index < -0.39 is 0 Å². The lowest BCUT2D eigenvalue weighted by Crippen LogP contribution is -3.00. The van der Waals surface area contributed by atoms with Gasteiger partial charge in [0.2, 0.25) is 0 Å². The van der Waals surface area contributed by atoms with Gasteiger partial charge in [-0.05, 0) is 20.8 Å². The molecule has 0 fully saturated rings. The van der Waals surface area contributed by atoms with Gasteiger partial charge >= 0.3 is 0 Å². The van der Waals surface area contributed by atoms with Crippen molar-refractivity contribution >= 4 is 0 Å². The first-order valence-electron chi connectivity index (χ1n) is 1.85. The van der Waals surface area contributed by atoms with Crippen molar-refractivity contribution < 1.29 is 29.7 Å². The number of rotatable bonds is 0. The summed E-state index contributed by atoms with van der Waals surface area (Å²) in [5.74, 6) is 0. The lowest BCUT2D eigenvalue weighted by molar-refractivity contribution is -0.458. The van der Waals surface area contributed by atoms with Crippen molar-refractivity contribution in [2.75, 3.05) is 0 Å². The molecule has 40 valence electrons. The summed E-state index contributed by atoms with van der Waals surface area (Å²) in [5.41, 5.74) is 4.02. The summed E-state index contributed by atoms with van der Waals surface area (Å²) in [6.45, 7) is 6.23. The Kier molecular flexibility index (Phi) is 4.59. The van der Waals surface area contributed by atoms with Gasteiger partial charge in [-0.3, -0.25) is 0 Å². The molecule has 0 aliphatic heterocycles. The Bertz CT molecular complexity index is 23.0. The van der Waals surface area contributed by atoms with Crippen LogP contribution in [0.2, 0.25) is 0 Å². The maximum Gasteiger partial charge on any atom is 0.0860 e. The van der Waals surface area contributed by atoms with Gasteiger partial charge in [-0.15, -0.1) is 0 Å². The highest BCUT2D eigenvalue weighted by atomic mass is 127. The van der Waals surface area contributed by atoms with Crippen molar-refractivity contribution in [1.82, 2.24) is 0 Å². The molecule has 0 spiro atoms. The lowest BCUT2D eigenvalue weighted by Gasteiger charge is -2.01. The molecular formula is C4H12IN. The Morgan fingerprint density at radius 2 is 1.17 bits per heavy atom. The molecule has 2 heteroatoms. The van der Waals surface area contributed by atoms with E-state index in [-0.39, 0.29) is 29.5 Å². The average molecular weight is 201 g/mol. The second-order valence-electron chi connectivity index (χ2n) is 2.56. The molecule has 0 atom stereocenters. The first-order valence-corrected chi connectivity index (χ1v) is 1.85. The van der Waals surface area contributed by atoms with Crippen LogP contribution >= 0.6 is 0 Å². The van der Waals surface area contributed by atoms with E-state index in [4.69, 9.17) is 0 Å². The smallest absolute Gasteiger partial charge is 0.0860 e. The lowest BCUT2D eigenvalue weighted by atomic mass is 10.1. The standard InChI is InChI=1S/C4H11N.HI/c1-4(2,3)5;/h5H2,1-3H3;1H. The minimum atomic E-state index is 0. The number of halogens is 1. The minimum Gasteiger partial charge on any atom is -1.00 e. The van der Waals surface area contributed by atoms with Crippen LogP contribution < -0.4 is 29.7 Å². The molecular weight excluding hydrogens is 189 g/mol. The Morgan fingerprint density at radius 1 is 1.17 bits per heavy atom. The van der Waals surface area contributed by atoms with Gasteiger partial charge < -0.3 is 29.7 Å². The Hall–Kier alpha value is 0.690. The van der Waals surface area contributed by atoms with Gasteiger partial charge in [0.15, 0.2) is 0 Å². The van der Waals surface area contributed by atoms with Gasteiger partial charge in [-0.1, -0.05) is 0 Å². The molecule has 6 heavy (non-hydrogen) atoms. The van der Waals surface area contributed by atoms with Crippen LogP contribution in [-0.2, 0) is 0 Å². The van der Waals surface area contributed by atoms with E-state index in [1.54, 1.807) is 0 Å². The molecule has 0 radical (unpaired) electrons. The number of hydrogen-bond acceptors (Lipinski definition) is 0. The summed E-state index contributed by atoms with van der Waals surface area (Å²) in [5, 5.41) is 0. The molecule has 0 aliphatic rings. The molecule has 0 aromatic rings. The maximum absolute atomic E-state index is 3.77. The van der Waals surface area contributed by atoms with Crippen molar-refractivity contribution in [2.45, 2.75) is 26.3 Å². The van der Waals surface area contributed by atoms with E-state index in [1.807, 2.05) is 0 Å². The van der Waals surface area contributed by atoms with Crippen molar-refractivity contribution in [2.24, 2.45) is 0 Å². The summed E-state index contributed by atoms with van der Waals surface area (Å²) in [4.78, 5) is 0.